The molecule has 0 aliphatic heterocycles. The first-order valence-corrected chi connectivity index (χ1v) is 5.65. The third-order valence-corrected chi connectivity index (χ3v) is 2.78. The number of nitrogens with one attached hydrogen (secondary N) is 1. The molecular weight excluding hydrogens is 202 g/mol. The fourth-order valence-electron chi connectivity index (χ4n) is 1.76. The Kier molecular flexibility index (Phi) is 4.77. The van der Waals surface area contributed by atoms with Crippen molar-refractivity contribution in [1.29, 1.82) is 0 Å². The van der Waals surface area contributed by atoms with Crippen LogP contribution in [0, 0.1) is 0 Å². The fourth-order valence-corrected chi connectivity index (χ4v) is 1.76. The van der Waals surface area contributed by atoms with Gasteiger partial charge in [-0.3, -0.25) is 0 Å². The minimum Gasteiger partial charge on any atom is -0.494 e. The van der Waals surface area contributed by atoms with Crippen LogP contribution in [0.15, 0.2) is 24.3 Å². The van der Waals surface area contributed by atoms with Crippen LogP contribution in [0.3, 0.4) is 0 Å². The van der Waals surface area contributed by atoms with Crippen molar-refractivity contribution in [3.63, 3.8) is 0 Å². The van der Waals surface area contributed by atoms with Gasteiger partial charge >= 0.3 is 0 Å². The zero-order valence-electron chi connectivity index (χ0n) is 10.3. The molecule has 0 radical (unpaired) electrons. The normalized spacial score (nSPS) is 14.5. The molecule has 0 saturated carbocycles. The van der Waals surface area contributed by atoms with E-state index in [0.717, 1.165) is 17.9 Å². The number of hydrogen-bond acceptors (Lipinski definition) is 3. The van der Waals surface area contributed by atoms with Gasteiger partial charge in [-0.15, -0.1) is 0 Å². The highest BCUT2D eigenvalue weighted by Gasteiger charge is 2.24. The molecule has 0 aliphatic rings. The van der Waals surface area contributed by atoms with E-state index >= 15 is 0 Å². The molecule has 3 nitrogen and oxygen atoms in total. The molecule has 1 rings (SSSR count). The zero-order valence-corrected chi connectivity index (χ0v) is 10.3. The molecule has 1 aromatic carbocycles. The van der Waals surface area contributed by atoms with E-state index in [1.165, 1.54) is 0 Å². The summed E-state index contributed by atoms with van der Waals surface area (Å²) in [6.07, 6.45) is 0. The zero-order chi connectivity index (χ0) is 12.0. The quantitative estimate of drug-likeness (QED) is 0.769. The van der Waals surface area contributed by atoms with Crippen molar-refractivity contribution >= 4 is 0 Å². The Morgan fingerprint density at radius 3 is 2.38 bits per heavy atom. The number of benzene rings is 1. The maximum atomic E-state index is 9.47. The molecule has 1 atom stereocenters. The molecule has 0 aliphatic carbocycles. The van der Waals surface area contributed by atoms with Gasteiger partial charge < -0.3 is 15.2 Å². The Morgan fingerprint density at radius 1 is 1.31 bits per heavy atom. The standard InChI is InChI=1S/C13H21NO2/c1-4-16-12-7-5-11(6-8-12)13(2,10-15)9-14-3/h5-8,14-15H,4,9-10H2,1-3H3. The van der Waals surface area contributed by atoms with Gasteiger partial charge in [0.2, 0.25) is 0 Å². The molecule has 0 amide bonds. The van der Waals surface area contributed by atoms with Crippen LogP contribution in [-0.2, 0) is 5.41 Å². The Bertz CT molecular complexity index is 310. The van der Waals surface area contributed by atoms with Crippen molar-refractivity contribution in [2.75, 3.05) is 26.8 Å². The van der Waals surface area contributed by atoms with Gasteiger partial charge in [0.15, 0.2) is 0 Å². The highest BCUT2D eigenvalue weighted by molar-refractivity contribution is 5.32. The third-order valence-electron chi connectivity index (χ3n) is 2.78. The number of aliphatic hydroxyl groups is 1. The fraction of sp³-hybridized carbons (Fsp3) is 0.538. The van der Waals surface area contributed by atoms with Gasteiger partial charge in [-0.1, -0.05) is 19.1 Å². The summed E-state index contributed by atoms with van der Waals surface area (Å²) in [7, 11) is 1.89. The Labute approximate surface area is 97.4 Å². The third kappa shape index (κ3) is 2.97. The maximum absolute atomic E-state index is 9.47. The van der Waals surface area contributed by atoms with E-state index in [4.69, 9.17) is 4.74 Å². The van der Waals surface area contributed by atoms with Crippen LogP contribution in [0.5, 0.6) is 5.75 Å². The van der Waals surface area contributed by atoms with Crippen LogP contribution in [0.2, 0.25) is 0 Å². The van der Waals surface area contributed by atoms with Gasteiger partial charge in [0, 0.05) is 12.0 Å². The summed E-state index contributed by atoms with van der Waals surface area (Å²) < 4.78 is 5.39. The molecular formula is C13H21NO2. The molecule has 0 saturated heterocycles. The van der Waals surface area contributed by atoms with E-state index in [0.29, 0.717) is 6.61 Å². The Balaban J connectivity index is 2.85. The molecule has 90 valence electrons. The second kappa shape index (κ2) is 5.87. The van der Waals surface area contributed by atoms with Crippen LogP contribution in [0.1, 0.15) is 19.4 Å². The minimum atomic E-state index is -0.237. The summed E-state index contributed by atoms with van der Waals surface area (Å²) in [6, 6.07) is 7.92. The lowest BCUT2D eigenvalue weighted by atomic mass is 9.83. The predicted octanol–water partition coefficient (Wildman–Crippen LogP) is 1.55. The highest BCUT2D eigenvalue weighted by atomic mass is 16.5. The topological polar surface area (TPSA) is 41.5 Å². The largest absolute Gasteiger partial charge is 0.494 e. The van der Waals surface area contributed by atoms with Gasteiger partial charge in [-0.2, -0.15) is 0 Å². The lowest BCUT2D eigenvalue weighted by Crippen LogP contribution is -2.37. The van der Waals surface area contributed by atoms with Crippen LogP contribution in [0.25, 0.3) is 0 Å². The Hall–Kier alpha value is -1.06. The highest BCUT2D eigenvalue weighted by Crippen LogP contribution is 2.24. The van der Waals surface area contributed by atoms with Gasteiger partial charge in [0.05, 0.1) is 13.2 Å². The molecule has 0 bridgehead atoms. The summed E-state index contributed by atoms with van der Waals surface area (Å²) in [5.74, 6) is 0.871. The second-order valence-electron chi connectivity index (χ2n) is 4.21. The smallest absolute Gasteiger partial charge is 0.119 e. The molecule has 16 heavy (non-hydrogen) atoms. The Morgan fingerprint density at radius 2 is 1.94 bits per heavy atom. The molecule has 0 aromatic heterocycles. The summed E-state index contributed by atoms with van der Waals surface area (Å²) in [5.41, 5.74) is 0.882. The van der Waals surface area contributed by atoms with Crippen LogP contribution in [0.4, 0.5) is 0 Å². The van der Waals surface area contributed by atoms with Gasteiger partial charge in [-0.25, -0.2) is 0 Å². The molecule has 2 N–H and O–H groups in total. The molecule has 1 aromatic rings. The lowest BCUT2D eigenvalue weighted by Gasteiger charge is -2.27. The first-order chi connectivity index (χ1) is 7.66. The average Bonchev–Trinajstić information content (AvgIpc) is 2.30. The van der Waals surface area contributed by atoms with E-state index in [-0.39, 0.29) is 12.0 Å². The molecule has 0 heterocycles. The monoisotopic (exact) mass is 223 g/mol. The molecule has 0 spiro atoms. The van der Waals surface area contributed by atoms with Gasteiger partial charge in [0.25, 0.3) is 0 Å². The first-order valence-electron chi connectivity index (χ1n) is 5.65. The summed E-state index contributed by atoms with van der Waals surface area (Å²) >= 11 is 0. The average molecular weight is 223 g/mol. The van der Waals surface area contributed by atoms with E-state index in [1.807, 2.05) is 45.2 Å². The SMILES string of the molecule is CCOc1ccc(C(C)(CO)CNC)cc1. The minimum absolute atomic E-state index is 0.127. The van der Waals surface area contributed by atoms with E-state index in [2.05, 4.69) is 5.32 Å². The number of ether oxygens (including phenoxy) is 1. The van der Waals surface area contributed by atoms with Crippen LogP contribution in [-0.4, -0.2) is 31.9 Å². The number of aliphatic hydroxyl groups excluding tert-OH is 1. The van der Waals surface area contributed by atoms with Crippen LogP contribution >= 0.6 is 0 Å². The molecule has 0 fully saturated rings. The number of hydrogen-bond donors (Lipinski definition) is 2. The summed E-state index contributed by atoms with van der Waals surface area (Å²) in [4.78, 5) is 0. The van der Waals surface area contributed by atoms with Crippen molar-refractivity contribution < 1.29 is 9.84 Å². The summed E-state index contributed by atoms with van der Waals surface area (Å²) in [6.45, 7) is 5.55. The van der Waals surface area contributed by atoms with Gasteiger partial charge in [0.1, 0.15) is 5.75 Å². The van der Waals surface area contributed by atoms with Crippen molar-refractivity contribution in [3.8, 4) is 5.75 Å². The molecule has 3 heteroatoms. The van der Waals surface area contributed by atoms with E-state index < -0.39 is 0 Å². The van der Waals surface area contributed by atoms with Crippen molar-refractivity contribution in [3.05, 3.63) is 29.8 Å². The van der Waals surface area contributed by atoms with E-state index in [1.54, 1.807) is 0 Å². The van der Waals surface area contributed by atoms with Gasteiger partial charge in [-0.05, 0) is 31.7 Å². The predicted molar refractivity (Wildman–Crippen MR) is 66.0 cm³/mol. The van der Waals surface area contributed by atoms with Crippen molar-refractivity contribution in [2.24, 2.45) is 0 Å². The van der Waals surface area contributed by atoms with Crippen molar-refractivity contribution in [2.45, 2.75) is 19.3 Å². The summed E-state index contributed by atoms with van der Waals surface area (Å²) in [5, 5.41) is 12.6. The second-order valence-corrected chi connectivity index (χ2v) is 4.21. The lowest BCUT2D eigenvalue weighted by molar-refractivity contribution is 0.204. The van der Waals surface area contributed by atoms with E-state index in [9.17, 15) is 5.11 Å². The molecule has 1 unspecified atom stereocenters. The maximum Gasteiger partial charge on any atom is 0.119 e. The number of likely N-dealkylation sites (N-methyl/N-ethyl adjacent to an activating group) is 1. The van der Waals surface area contributed by atoms with Crippen molar-refractivity contribution in [1.82, 2.24) is 5.32 Å². The number of rotatable bonds is 6. The van der Waals surface area contributed by atoms with Crippen LogP contribution < -0.4 is 10.1 Å². The first kappa shape index (κ1) is 13.0.